The number of carbonyl (C=O) groups is 1. The van der Waals surface area contributed by atoms with Crippen LogP contribution in [0.2, 0.25) is 0 Å². The molecule has 3 heteroatoms. The average Bonchev–Trinajstić information content (AvgIpc) is 2.10. The van der Waals surface area contributed by atoms with Crippen molar-refractivity contribution in [3.05, 3.63) is 41.1 Å². The van der Waals surface area contributed by atoms with Gasteiger partial charge >= 0.3 is 0 Å². The number of hydrogen-bond donors (Lipinski definition) is 0. The number of carbonyl (C=O) groups excluding carboxylic acids is 1. The highest BCUT2D eigenvalue weighted by atomic mass is 19.1. The molecule has 12 heavy (non-hydrogen) atoms. The summed E-state index contributed by atoms with van der Waals surface area (Å²) in [5.74, 6) is 1.33. The lowest BCUT2D eigenvalue weighted by atomic mass is 10.1. The number of halogens is 1. The summed E-state index contributed by atoms with van der Waals surface area (Å²) >= 11 is 0. The van der Waals surface area contributed by atoms with Crippen molar-refractivity contribution in [3.8, 4) is 0 Å². The molecule has 0 aliphatic rings. The highest BCUT2D eigenvalue weighted by molar-refractivity contribution is 6.19. The highest BCUT2D eigenvalue weighted by Crippen LogP contribution is 2.09. The van der Waals surface area contributed by atoms with Crippen LogP contribution in [0.4, 0.5) is 4.39 Å². The van der Waals surface area contributed by atoms with E-state index in [1.54, 1.807) is 5.87 Å². The Labute approximate surface area is 68.8 Å². The predicted octanol–water partition coefficient (Wildman–Crippen LogP) is 1.65. The van der Waals surface area contributed by atoms with Crippen molar-refractivity contribution in [1.82, 2.24) is 0 Å². The molecule has 1 aromatic carbocycles. The first-order chi connectivity index (χ1) is 5.77. The molecule has 0 aromatic heterocycles. The lowest BCUT2D eigenvalue weighted by molar-refractivity contribution is -0.103. The van der Waals surface area contributed by atoms with Gasteiger partial charge in [0.25, 0.3) is 0 Å². The van der Waals surface area contributed by atoms with Crippen molar-refractivity contribution >= 4 is 17.7 Å². The Morgan fingerprint density at radius 1 is 1.42 bits per heavy atom. The first-order valence-electron chi connectivity index (χ1n) is 3.26. The molecule has 0 N–H and O–H groups in total. The van der Waals surface area contributed by atoms with Gasteiger partial charge in [-0.15, -0.1) is 0 Å². The third kappa shape index (κ3) is 1.65. The summed E-state index contributed by atoms with van der Waals surface area (Å²) in [5, 5.41) is 8.44. The molecule has 2 nitrogen and oxygen atoms in total. The number of benzene rings is 1. The summed E-state index contributed by atoms with van der Waals surface area (Å²) in [6.07, 6.45) is 0.452. The van der Waals surface area contributed by atoms with Crippen LogP contribution in [0.3, 0.4) is 0 Å². The van der Waals surface area contributed by atoms with Crippen LogP contribution in [0.15, 0.2) is 24.3 Å². The molecule has 60 valence electrons. The van der Waals surface area contributed by atoms with Gasteiger partial charge in [-0.25, -0.2) is 4.39 Å². The standard InChI is InChI=1S/C9H5FNO/c10-9-3-1-7(2-4-9)8(5-11)6-12/h1-4,6H/q-1. The molecule has 0 fully saturated rings. The topological polar surface area (TPSA) is 39.4 Å². The predicted molar refractivity (Wildman–Crippen MR) is 44.2 cm³/mol. The van der Waals surface area contributed by atoms with Crippen molar-refractivity contribution < 1.29 is 9.18 Å². The molecule has 0 saturated heterocycles. The van der Waals surface area contributed by atoms with Crippen LogP contribution in [-0.2, 0) is 4.79 Å². The number of nitrogens with zero attached hydrogens (tertiary/aromatic N) is 1. The fourth-order valence-corrected chi connectivity index (χ4v) is 0.788. The van der Waals surface area contributed by atoms with Crippen LogP contribution < -0.4 is 0 Å². The van der Waals surface area contributed by atoms with E-state index < -0.39 is 0 Å². The average molecular weight is 162 g/mol. The van der Waals surface area contributed by atoms with Crippen LogP contribution in [0.1, 0.15) is 5.56 Å². The van der Waals surface area contributed by atoms with Gasteiger partial charge in [0.2, 0.25) is 0 Å². The molecule has 0 unspecified atom stereocenters. The second-order valence-electron chi connectivity index (χ2n) is 2.15. The largest absolute Gasteiger partial charge is 0.763 e. The SMILES string of the molecule is [N-]=C=C(C=O)c1ccc(F)cc1. The monoisotopic (exact) mass is 162 g/mol. The summed E-state index contributed by atoms with van der Waals surface area (Å²) in [6, 6.07) is 5.19. The van der Waals surface area contributed by atoms with Crippen molar-refractivity contribution in [1.29, 1.82) is 0 Å². The minimum absolute atomic E-state index is 0.00926. The summed E-state index contributed by atoms with van der Waals surface area (Å²) in [7, 11) is 0. The summed E-state index contributed by atoms with van der Waals surface area (Å²) in [5.41, 5.74) is 0.448. The minimum Gasteiger partial charge on any atom is -0.763 e. The molecule has 1 rings (SSSR count). The zero-order chi connectivity index (χ0) is 8.97. The van der Waals surface area contributed by atoms with Crippen LogP contribution in [0, 0.1) is 5.82 Å². The maximum absolute atomic E-state index is 12.4. The van der Waals surface area contributed by atoms with Gasteiger partial charge in [-0.3, -0.25) is 10.7 Å². The van der Waals surface area contributed by atoms with Crippen molar-refractivity contribution in [2.45, 2.75) is 0 Å². The molecule has 0 spiro atoms. The number of rotatable bonds is 2. The molecule has 1 aromatic rings. The van der Waals surface area contributed by atoms with Gasteiger partial charge < -0.3 is 5.41 Å². The van der Waals surface area contributed by atoms with Crippen LogP contribution in [0.5, 0.6) is 0 Å². The first kappa shape index (κ1) is 8.37. The third-order valence-electron chi connectivity index (χ3n) is 1.39. The van der Waals surface area contributed by atoms with Gasteiger partial charge in [0, 0.05) is 5.57 Å². The zero-order valence-corrected chi connectivity index (χ0v) is 6.12. The van der Waals surface area contributed by atoms with E-state index in [-0.39, 0.29) is 11.4 Å². The van der Waals surface area contributed by atoms with Crippen molar-refractivity contribution in [2.75, 3.05) is 0 Å². The van der Waals surface area contributed by atoms with E-state index in [9.17, 15) is 9.18 Å². The summed E-state index contributed by atoms with van der Waals surface area (Å²) in [4.78, 5) is 10.3. The minimum atomic E-state index is -0.387. The summed E-state index contributed by atoms with van der Waals surface area (Å²) in [6.45, 7) is 0. The molecule has 0 heterocycles. The smallest absolute Gasteiger partial charge is 0.156 e. The van der Waals surface area contributed by atoms with E-state index in [2.05, 4.69) is 0 Å². The van der Waals surface area contributed by atoms with Gasteiger partial charge in [0.1, 0.15) is 5.82 Å². The summed E-state index contributed by atoms with van der Waals surface area (Å²) < 4.78 is 12.4. The van der Waals surface area contributed by atoms with Crippen LogP contribution in [0.25, 0.3) is 11.0 Å². The Kier molecular flexibility index (Phi) is 2.51. The quantitative estimate of drug-likeness (QED) is 0.370. The highest BCUT2D eigenvalue weighted by Gasteiger charge is 1.96. The fourth-order valence-electron chi connectivity index (χ4n) is 0.788. The lowest BCUT2D eigenvalue weighted by Crippen LogP contribution is -1.85. The van der Waals surface area contributed by atoms with Crippen molar-refractivity contribution in [3.63, 3.8) is 0 Å². The Balaban J connectivity index is 3.12. The van der Waals surface area contributed by atoms with Gasteiger partial charge in [-0.2, -0.15) is 0 Å². The number of allylic oxidation sites excluding steroid dienone is 1. The van der Waals surface area contributed by atoms with Gasteiger partial charge in [-0.1, -0.05) is 12.1 Å². The second-order valence-corrected chi connectivity index (χ2v) is 2.15. The fraction of sp³-hybridized carbons (Fsp3) is 0. The van der Waals surface area contributed by atoms with E-state index in [0.717, 1.165) is 0 Å². The number of hydrogen-bond acceptors (Lipinski definition) is 1. The van der Waals surface area contributed by atoms with E-state index in [4.69, 9.17) is 5.41 Å². The number of aldehydes is 1. The molecule has 0 saturated carbocycles. The van der Waals surface area contributed by atoms with Crippen LogP contribution >= 0.6 is 0 Å². The van der Waals surface area contributed by atoms with E-state index in [0.29, 0.717) is 11.8 Å². The molecular formula is C9H5FNO-. The normalized spacial score (nSPS) is 8.75. The van der Waals surface area contributed by atoms with Crippen molar-refractivity contribution in [2.24, 2.45) is 0 Å². The zero-order valence-electron chi connectivity index (χ0n) is 6.12. The third-order valence-corrected chi connectivity index (χ3v) is 1.39. The molecular weight excluding hydrogens is 157 g/mol. The van der Waals surface area contributed by atoms with Crippen LogP contribution in [-0.4, -0.2) is 12.2 Å². The second kappa shape index (κ2) is 3.60. The van der Waals surface area contributed by atoms with Gasteiger partial charge in [0.15, 0.2) is 6.29 Å². The lowest BCUT2D eigenvalue weighted by Gasteiger charge is -1.97. The maximum atomic E-state index is 12.4. The van der Waals surface area contributed by atoms with Gasteiger partial charge in [0.05, 0.1) is 0 Å². The van der Waals surface area contributed by atoms with Gasteiger partial charge in [-0.05, 0) is 17.7 Å². The Bertz CT molecular complexity index is 336. The van der Waals surface area contributed by atoms with E-state index in [1.165, 1.54) is 24.3 Å². The molecule has 0 aliphatic carbocycles. The molecule has 0 radical (unpaired) electrons. The Morgan fingerprint density at radius 3 is 2.42 bits per heavy atom. The molecule has 0 atom stereocenters. The molecule has 0 amide bonds. The van der Waals surface area contributed by atoms with E-state index >= 15 is 0 Å². The maximum Gasteiger partial charge on any atom is 0.156 e. The Morgan fingerprint density at radius 2 is 2.00 bits per heavy atom. The molecule has 0 aliphatic heterocycles. The first-order valence-corrected chi connectivity index (χ1v) is 3.26. The Hall–Kier alpha value is -1.73. The molecule has 0 bridgehead atoms. The van der Waals surface area contributed by atoms with E-state index in [1.807, 2.05) is 0 Å².